The van der Waals surface area contributed by atoms with E-state index in [0.717, 1.165) is 5.92 Å². The van der Waals surface area contributed by atoms with E-state index in [1.807, 2.05) is 0 Å². The zero-order valence-corrected chi connectivity index (χ0v) is 15.6. The third kappa shape index (κ3) is 4.45. The van der Waals surface area contributed by atoms with Gasteiger partial charge in [-0.3, -0.25) is 4.90 Å². The van der Waals surface area contributed by atoms with Crippen molar-refractivity contribution in [3.8, 4) is 0 Å². The average molecular weight is 295 g/mol. The molecular weight excluding hydrogens is 256 g/mol. The normalized spacial score (nSPS) is 31.0. The van der Waals surface area contributed by atoms with Crippen LogP contribution in [0.25, 0.3) is 0 Å². The summed E-state index contributed by atoms with van der Waals surface area (Å²) in [5, 5.41) is 0. The molecule has 124 valence electrons. The summed E-state index contributed by atoms with van der Waals surface area (Å²) in [6, 6.07) is 0. The number of piperidine rings is 1. The molecule has 0 aromatic rings. The minimum absolute atomic E-state index is 0.330. The van der Waals surface area contributed by atoms with E-state index >= 15 is 0 Å². The number of rotatable bonds is 2. The third-order valence-corrected chi connectivity index (χ3v) is 5.92. The van der Waals surface area contributed by atoms with Crippen molar-refractivity contribution in [3.05, 3.63) is 0 Å². The van der Waals surface area contributed by atoms with E-state index in [2.05, 4.69) is 58.3 Å². The Morgan fingerprint density at radius 1 is 0.952 bits per heavy atom. The molecule has 1 unspecified atom stereocenters. The Bertz CT molecular complexity index is 342. The second-order valence-corrected chi connectivity index (χ2v) is 10.1. The standard InChI is InChI=1S/C19H38N2/c1-17(2,3)16-8-11-20(12-9-16)14-19(7)10-13-21(15-19)18(4,5)6/h16H,8-15H2,1-7H3. The maximum atomic E-state index is 2.74. The average Bonchev–Trinajstić information content (AvgIpc) is 2.71. The molecule has 0 radical (unpaired) electrons. The zero-order chi connectivity index (χ0) is 15.9. The van der Waals surface area contributed by atoms with Gasteiger partial charge in [0.25, 0.3) is 0 Å². The fraction of sp³-hybridized carbons (Fsp3) is 1.00. The molecule has 2 heteroatoms. The summed E-state index contributed by atoms with van der Waals surface area (Å²) in [5.41, 5.74) is 1.32. The lowest BCUT2D eigenvalue weighted by molar-refractivity contribution is 0.0749. The number of nitrogens with zero attached hydrogens (tertiary/aromatic N) is 2. The molecule has 2 aliphatic rings. The summed E-state index contributed by atoms with van der Waals surface area (Å²) < 4.78 is 0. The molecule has 2 heterocycles. The first kappa shape index (κ1) is 17.3. The summed E-state index contributed by atoms with van der Waals surface area (Å²) >= 11 is 0. The molecule has 0 aromatic carbocycles. The molecular formula is C19H38N2. The second kappa shape index (κ2) is 5.85. The molecule has 2 fully saturated rings. The predicted molar refractivity (Wildman–Crippen MR) is 92.7 cm³/mol. The summed E-state index contributed by atoms with van der Waals surface area (Å²) in [5.74, 6) is 0.913. The largest absolute Gasteiger partial charge is 0.303 e. The number of hydrogen-bond donors (Lipinski definition) is 0. The topological polar surface area (TPSA) is 6.48 Å². The molecule has 2 nitrogen and oxygen atoms in total. The Balaban J connectivity index is 1.84. The highest BCUT2D eigenvalue weighted by molar-refractivity contribution is 4.94. The van der Waals surface area contributed by atoms with Gasteiger partial charge in [-0.1, -0.05) is 27.7 Å². The molecule has 0 spiro atoms. The van der Waals surface area contributed by atoms with E-state index in [1.54, 1.807) is 0 Å². The molecule has 2 saturated heterocycles. The molecule has 0 saturated carbocycles. The van der Waals surface area contributed by atoms with Crippen molar-refractivity contribution in [2.75, 3.05) is 32.7 Å². The predicted octanol–water partition coefficient (Wildman–Crippen LogP) is 4.26. The summed E-state index contributed by atoms with van der Waals surface area (Å²) in [6.45, 7) is 23.3. The number of likely N-dealkylation sites (tertiary alicyclic amines) is 2. The van der Waals surface area contributed by atoms with Crippen molar-refractivity contribution >= 4 is 0 Å². The van der Waals surface area contributed by atoms with Crippen LogP contribution in [-0.2, 0) is 0 Å². The minimum Gasteiger partial charge on any atom is -0.303 e. The first-order chi connectivity index (χ1) is 9.50. The van der Waals surface area contributed by atoms with Gasteiger partial charge in [0.2, 0.25) is 0 Å². The van der Waals surface area contributed by atoms with Crippen molar-refractivity contribution in [3.63, 3.8) is 0 Å². The Morgan fingerprint density at radius 2 is 1.52 bits per heavy atom. The Hall–Kier alpha value is -0.0800. The van der Waals surface area contributed by atoms with Crippen LogP contribution in [0.4, 0.5) is 0 Å². The van der Waals surface area contributed by atoms with Gasteiger partial charge in [0.1, 0.15) is 0 Å². The quantitative estimate of drug-likeness (QED) is 0.751. The highest BCUT2D eigenvalue weighted by Crippen LogP contribution is 2.38. The fourth-order valence-electron chi connectivity index (χ4n) is 4.22. The van der Waals surface area contributed by atoms with E-state index in [9.17, 15) is 0 Å². The molecule has 0 aliphatic carbocycles. The maximum Gasteiger partial charge on any atom is 0.0125 e. The van der Waals surface area contributed by atoms with E-state index < -0.39 is 0 Å². The van der Waals surface area contributed by atoms with Gasteiger partial charge in [-0.25, -0.2) is 0 Å². The molecule has 0 aromatic heterocycles. The lowest BCUT2D eigenvalue weighted by atomic mass is 9.75. The maximum absolute atomic E-state index is 2.74. The zero-order valence-electron chi connectivity index (χ0n) is 15.6. The summed E-state index contributed by atoms with van der Waals surface area (Å²) in [7, 11) is 0. The molecule has 2 rings (SSSR count). The van der Waals surface area contributed by atoms with Crippen LogP contribution in [0.1, 0.15) is 67.7 Å². The van der Waals surface area contributed by atoms with Crippen molar-refractivity contribution in [1.82, 2.24) is 9.80 Å². The van der Waals surface area contributed by atoms with Crippen LogP contribution >= 0.6 is 0 Å². The van der Waals surface area contributed by atoms with Gasteiger partial charge < -0.3 is 4.90 Å². The van der Waals surface area contributed by atoms with Crippen LogP contribution in [0.2, 0.25) is 0 Å². The van der Waals surface area contributed by atoms with Gasteiger partial charge in [-0.2, -0.15) is 0 Å². The third-order valence-electron chi connectivity index (χ3n) is 5.92. The molecule has 0 amide bonds. The molecule has 2 aliphatic heterocycles. The highest BCUT2D eigenvalue weighted by atomic mass is 15.2. The fourth-order valence-corrected chi connectivity index (χ4v) is 4.22. The van der Waals surface area contributed by atoms with Crippen LogP contribution in [0, 0.1) is 16.7 Å². The monoisotopic (exact) mass is 294 g/mol. The van der Waals surface area contributed by atoms with Gasteiger partial charge >= 0.3 is 0 Å². The smallest absolute Gasteiger partial charge is 0.0125 e. The van der Waals surface area contributed by atoms with E-state index in [0.29, 0.717) is 16.4 Å². The van der Waals surface area contributed by atoms with Crippen molar-refractivity contribution in [1.29, 1.82) is 0 Å². The molecule has 0 bridgehead atoms. The summed E-state index contributed by atoms with van der Waals surface area (Å²) in [6.07, 6.45) is 4.15. The van der Waals surface area contributed by atoms with Crippen LogP contribution in [0.5, 0.6) is 0 Å². The van der Waals surface area contributed by atoms with Crippen LogP contribution in [0.15, 0.2) is 0 Å². The first-order valence-electron chi connectivity index (χ1n) is 8.97. The SMILES string of the molecule is CC1(CN2CCC(C(C)(C)C)CC2)CCN(C(C)(C)C)C1. The molecule has 21 heavy (non-hydrogen) atoms. The van der Waals surface area contributed by atoms with Gasteiger partial charge in [0.05, 0.1) is 0 Å². The first-order valence-corrected chi connectivity index (χ1v) is 8.97. The van der Waals surface area contributed by atoms with E-state index in [1.165, 1.54) is 52.0 Å². The lowest BCUT2D eigenvalue weighted by Gasteiger charge is -2.42. The van der Waals surface area contributed by atoms with Gasteiger partial charge in [-0.15, -0.1) is 0 Å². The van der Waals surface area contributed by atoms with Gasteiger partial charge in [0, 0.05) is 18.6 Å². The highest BCUT2D eigenvalue weighted by Gasteiger charge is 2.40. The Morgan fingerprint density at radius 3 is 1.95 bits per heavy atom. The Kier molecular flexibility index (Phi) is 4.81. The molecule has 1 atom stereocenters. The van der Waals surface area contributed by atoms with Crippen molar-refractivity contribution < 1.29 is 0 Å². The van der Waals surface area contributed by atoms with Crippen LogP contribution in [-0.4, -0.2) is 48.1 Å². The van der Waals surface area contributed by atoms with E-state index in [4.69, 9.17) is 0 Å². The summed E-state index contributed by atoms with van der Waals surface area (Å²) in [4.78, 5) is 5.42. The minimum atomic E-state index is 0.330. The lowest BCUT2D eigenvalue weighted by Crippen LogP contribution is -2.46. The van der Waals surface area contributed by atoms with Gasteiger partial charge in [0.15, 0.2) is 0 Å². The second-order valence-electron chi connectivity index (χ2n) is 10.1. The van der Waals surface area contributed by atoms with Crippen molar-refractivity contribution in [2.24, 2.45) is 16.7 Å². The van der Waals surface area contributed by atoms with E-state index in [-0.39, 0.29) is 0 Å². The van der Waals surface area contributed by atoms with Crippen LogP contribution in [0.3, 0.4) is 0 Å². The van der Waals surface area contributed by atoms with Crippen LogP contribution < -0.4 is 0 Å². The van der Waals surface area contributed by atoms with Crippen molar-refractivity contribution in [2.45, 2.75) is 73.3 Å². The number of hydrogen-bond acceptors (Lipinski definition) is 2. The Labute approximate surface area is 133 Å². The molecule has 0 N–H and O–H groups in total. The van der Waals surface area contributed by atoms with Gasteiger partial charge in [-0.05, 0) is 76.4 Å².